The fourth-order valence-corrected chi connectivity index (χ4v) is 5.80. The molecule has 0 heteroatoms. The lowest BCUT2D eigenvalue weighted by Gasteiger charge is -2.53. The molecule has 4 aliphatic carbocycles. The molecule has 0 nitrogen and oxygen atoms in total. The Labute approximate surface area is 117 Å². The summed E-state index contributed by atoms with van der Waals surface area (Å²) in [7, 11) is 0. The van der Waals surface area contributed by atoms with Crippen LogP contribution in [-0.4, -0.2) is 0 Å². The van der Waals surface area contributed by atoms with Gasteiger partial charge in [0.2, 0.25) is 0 Å². The predicted molar refractivity (Wildman–Crippen MR) is 80.7 cm³/mol. The Bertz CT molecular complexity index is 466. The maximum absolute atomic E-state index is 4.54. The molecule has 5 atom stereocenters. The van der Waals surface area contributed by atoms with Crippen LogP contribution >= 0.6 is 0 Å². The average Bonchev–Trinajstić information content (AvgIpc) is 2.79. The summed E-state index contributed by atoms with van der Waals surface area (Å²) in [6.45, 7) is 7.05. The molecule has 19 heavy (non-hydrogen) atoms. The number of allylic oxidation sites excluding steroid dienone is 5. The van der Waals surface area contributed by atoms with E-state index in [0.29, 0.717) is 5.41 Å². The number of hydrogen-bond donors (Lipinski definition) is 0. The molecule has 0 aromatic heterocycles. The monoisotopic (exact) mass is 254 g/mol. The largest absolute Gasteiger partial charge is 0.0995 e. The molecular weight excluding hydrogens is 228 g/mol. The topological polar surface area (TPSA) is 0 Å². The third-order valence-corrected chi connectivity index (χ3v) is 6.56. The highest BCUT2D eigenvalue weighted by Crippen LogP contribution is 2.61. The summed E-state index contributed by atoms with van der Waals surface area (Å²) in [6, 6.07) is 0. The van der Waals surface area contributed by atoms with E-state index < -0.39 is 0 Å². The van der Waals surface area contributed by atoms with Gasteiger partial charge in [-0.05, 0) is 74.0 Å². The highest BCUT2D eigenvalue weighted by Gasteiger charge is 2.51. The molecule has 0 amide bonds. The van der Waals surface area contributed by atoms with Gasteiger partial charge in [-0.15, -0.1) is 0 Å². The zero-order chi connectivity index (χ0) is 13.0. The Hall–Kier alpha value is -0.780. The molecule has 0 radical (unpaired) electrons. The maximum Gasteiger partial charge on any atom is -0.0106 e. The van der Waals surface area contributed by atoms with Gasteiger partial charge in [-0.1, -0.05) is 42.9 Å². The van der Waals surface area contributed by atoms with Gasteiger partial charge in [0.05, 0.1) is 0 Å². The number of fused-ring (bicyclic) bond motifs is 5. The van der Waals surface area contributed by atoms with Crippen LogP contribution in [0.2, 0.25) is 0 Å². The van der Waals surface area contributed by atoms with E-state index in [-0.39, 0.29) is 0 Å². The molecule has 102 valence electrons. The Morgan fingerprint density at radius 1 is 1.32 bits per heavy atom. The summed E-state index contributed by atoms with van der Waals surface area (Å²) in [5.41, 5.74) is 3.89. The van der Waals surface area contributed by atoms with Crippen molar-refractivity contribution in [3.8, 4) is 0 Å². The van der Waals surface area contributed by atoms with Gasteiger partial charge in [0.25, 0.3) is 0 Å². The van der Waals surface area contributed by atoms with E-state index in [2.05, 4.69) is 31.7 Å². The minimum atomic E-state index is 0.508. The first-order valence-electron chi connectivity index (χ1n) is 8.22. The van der Waals surface area contributed by atoms with Crippen molar-refractivity contribution in [1.82, 2.24) is 0 Å². The summed E-state index contributed by atoms with van der Waals surface area (Å²) >= 11 is 0. The maximum atomic E-state index is 4.54. The normalized spacial score (nSPS) is 48.3. The molecule has 0 heterocycles. The van der Waals surface area contributed by atoms with E-state index in [4.69, 9.17) is 0 Å². The lowest BCUT2D eigenvalue weighted by Crippen LogP contribution is -2.45. The second-order valence-electron chi connectivity index (χ2n) is 7.69. The van der Waals surface area contributed by atoms with Gasteiger partial charge in [0.1, 0.15) is 0 Å². The Morgan fingerprint density at radius 3 is 3.11 bits per heavy atom. The Balaban J connectivity index is 1.72. The van der Waals surface area contributed by atoms with Gasteiger partial charge < -0.3 is 0 Å². The van der Waals surface area contributed by atoms with E-state index in [1.807, 2.05) is 0 Å². The van der Waals surface area contributed by atoms with Crippen LogP contribution in [0.5, 0.6) is 0 Å². The summed E-state index contributed by atoms with van der Waals surface area (Å²) < 4.78 is 0. The summed E-state index contributed by atoms with van der Waals surface area (Å²) in [5.74, 6) is 3.40. The average molecular weight is 254 g/mol. The van der Waals surface area contributed by atoms with Gasteiger partial charge in [0, 0.05) is 0 Å². The summed E-state index contributed by atoms with van der Waals surface area (Å²) in [5, 5.41) is 0. The first-order valence-corrected chi connectivity index (χ1v) is 8.22. The Morgan fingerprint density at radius 2 is 2.21 bits per heavy atom. The molecule has 0 aromatic carbocycles. The standard InChI is InChI=1S/C19H26/c1-13-12-19(2)11-5-8-17(19)16-10-9-14-6-3-4-7-15(14)18(13)16/h5-6,8,15-18H,1,3-4,7,9-12H2,2H3/t15-,16-,17-,18+,19-/m0/s1. The Kier molecular flexibility index (Phi) is 2.59. The lowest BCUT2D eigenvalue weighted by molar-refractivity contribution is 0.0556. The number of rotatable bonds is 0. The smallest absolute Gasteiger partial charge is 0.0106 e. The SMILES string of the molecule is C=C1C[C@]2(C)CC=C[C@H]2[C@@H]2CCC3=CCCC[C@@H]3[C@@H]12. The van der Waals surface area contributed by atoms with Gasteiger partial charge >= 0.3 is 0 Å². The molecule has 0 unspecified atom stereocenters. The van der Waals surface area contributed by atoms with E-state index in [1.54, 1.807) is 11.1 Å². The molecule has 0 aromatic rings. The molecular formula is C19H26. The highest BCUT2D eigenvalue weighted by molar-refractivity contribution is 5.29. The van der Waals surface area contributed by atoms with Crippen molar-refractivity contribution in [2.24, 2.45) is 29.1 Å². The first kappa shape index (κ1) is 12.0. The molecule has 0 bridgehead atoms. The molecule has 0 saturated heterocycles. The lowest BCUT2D eigenvalue weighted by atomic mass is 9.51. The number of hydrogen-bond acceptors (Lipinski definition) is 0. The minimum absolute atomic E-state index is 0.508. The summed E-state index contributed by atoms with van der Waals surface area (Å²) in [4.78, 5) is 0. The molecule has 4 rings (SSSR count). The third kappa shape index (κ3) is 1.65. The van der Waals surface area contributed by atoms with Crippen molar-refractivity contribution in [1.29, 1.82) is 0 Å². The predicted octanol–water partition coefficient (Wildman–Crippen LogP) is 5.28. The molecule has 2 saturated carbocycles. The second kappa shape index (κ2) is 4.11. The van der Waals surface area contributed by atoms with Crippen LogP contribution in [0, 0.1) is 29.1 Å². The van der Waals surface area contributed by atoms with Crippen molar-refractivity contribution in [2.75, 3.05) is 0 Å². The van der Waals surface area contributed by atoms with Crippen molar-refractivity contribution < 1.29 is 0 Å². The van der Waals surface area contributed by atoms with Crippen LogP contribution in [0.4, 0.5) is 0 Å². The van der Waals surface area contributed by atoms with Gasteiger partial charge in [-0.2, -0.15) is 0 Å². The molecule has 4 aliphatic rings. The zero-order valence-electron chi connectivity index (χ0n) is 12.2. The van der Waals surface area contributed by atoms with E-state index in [9.17, 15) is 0 Å². The van der Waals surface area contributed by atoms with Crippen LogP contribution in [0.15, 0.2) is 36.0 Å². The van der Waals surface area contributed by atoms with Gasteiger partial charge in [0.15, 0.2) is 0 Å². The second-order valence-corrected chi connectivity index (χ2v) is 7.69. The molecule has 2 fully saturated rings. The summed E-state index contributed by atoms with van der Waals surface area (Å²) in [6.07, 6.45) is 17.1. The van der Waals surface area contributed by atoms with Crippen molar-refractivity contribution in [3.05, 3.63) is 36.0 Å². The molecule has 0 N–H and O–H groups in total. The molecule has 0 spiro atoms. The van der Waals surface area contributed by atoms with Crippen LogP contribution < -0.4 is 0 Å². The minimum Gasteiger partial charge on any atom is -0.0995 e. The molecule has 0 aliphatic heterocycles. The third-order valence-electron chi connectivity index (χ3n) is 6.56. The van der Waals surface area contributed by atoms with E-state index in [1.165, 1.54) is 44.9 Å². The van der Waals surface area contributed by atoms with Gasteiger partial charge in [-0.3, -0.25) is 0 Å². The van der Waals surface area contributed by atoms with Crippen molar-refractivity contribution >= 4 is 0 Å². The van der Waals surface area contributed by atoms with E-state index in [0.717, 1.165) is 23.7 Å². The van der Waals surface area contributed by atoms with Crippen LogP contribution in [0.1, 0.15) is 51.9 Å². The highest BCUT2D eigenvalue weighted by atomic mass is 14.6. The van der Waals surface area contributed by atoms with Crippen molar-refractivity contribution in [2.45, 2.75) is 51.9 Å². The van der Waals surface area contributed by atoms with Crippen LogP contribution in [-0.2, 0) is 0 Å². The van der Waals surface area contributed by atoms with Crippen molar-refractivity contribution in [3.63, 3.8) is 0 Å². The quantitative estimate of drug-likeness (QED) is 0.516. The van der Waals surface area contributed by atoms with Gasteiger partial charge in [-0.25, -0.2) is 0 Å². The van der Waals surface area contributed by atoms with E-state index >= 15 is 0 Å². The first-order chi connectivity index (χ1) is 9.19. The zero-order valence-corrected chi connectivity index (χ0v) is 12.2. The van der Waals surface area contributed by atoms with Crippen LogP contribution in [0.25, 0.3) is 0 Å². The van der Waals surface area contributed by atoms with Crippen LogP contribution in [0.3, 0.4) is 0 Å². The fourth-order valence-electron chi connectivity index (χ4n) is 5.80. The fraction of sp³-hybridized carbons (Fsp3) is 0.684.